The fourth-order valence-electron chi connectivity index (χ4n) is 1.21. The predicted octanol–water partition coefficient (Wildman–Crippen LogP) is -2.88. The van der Waals surface area contributed by atoms with E-state index in [1.54, 1.807) is 0 Å². The maximum atomic E-state index is 11.5. The average Bonchev–Trinajstić information content (AvgIpc) is 2.01. The summed E-state index contributed by atoms with van der Waals surface area (Å²) in [6.45, 7) is 2.66. The number of carbonyl (C=O) groups is 1. The molecule has 0 bridgehead atoms. The summed E-state index contributed by atoms with van der Waals surface area (Å²) in [6, 6.07) is 0. The minimum absolute atomic E-state index is 0.0938. The lowest BCUT2D eigenvalue weighted by Gasteiger charge is -2.31. The number of Topliss-reactive ketones (excluding diaryl/α,β-unsaturated/α-hetero) is 1. The highest BCUT2D eigenvalue weighted by molar-refractivity contribution is 5.87. The second-order valence-corrected chi connectivity index (χ2v) is 3.74. The molecule has 0 amide bonds. The molecule has 0 heterocycles. The molecule has 0 aromatic carbocycles. The molecule has 0 aromatic rings. The molecule has 6 nitrogen and oxygen atoms in total. The highest BCUT2D eigenvalue weighted by Gasteiger charge is 2.57. The number of aliphatic hydroxyl groups is 1. The third-order valence-corrected chi connectivity index (χ3v) is 2.52. The number of ketones is 1. The lowest BCUT2D eigenvalue weighted by atomic mass is 9.75. The average molecular weight is 210 g/mol. The Bertz CT molecular complexity index is 210. The molecule has 0 saturated heterocycles. The van der Waals surface area contributed by atoms with E-state index < -0.39 is 23.3 Å². The van der Waals surface area contributed by atoms with Crippen molar-refractivity contribution in [3.63, 3.8) is 0 Å². The van der Waals surface area contributed by atoms with E-state index in [1.807, 2.05) is 0 Å². The zero-order valence-corrected chi connectivity index (χ0v) is 8.42. The Kier molecular flexibility index (Phi) is 4.16. The van der Waals surface area contributed by atoms with Crippen molar-refractivity contribution in [3.8, 4) is 0 Å². The number of hydrogen-bond acceptors (Lipinski definition) is 3. The van der Waals surface area contributed by atoms with Gasteiger partial charge in [0.05, 0.1) is 0 Å². The fraction of sp³-hybridized carbons (Fsp3) is 0.875. The zero-order chi connectivity index (χ0) is 11.6. The van der Waals surface area contributed by atoms with E-state index in [9.17, 15) is 9.90 Å². The minimum Gasteiger partial charge on any atom is -0.419 e. The molecule has 84 valence electrons. The van der Waals surface area contributed by atoms with Gasteiger partial charge in [0.15, 0.2) is 0 Å². The second-order valence-electron chi connectivity index (χ2n) is 3.74. The van der Waals surface area contributed by atoms with Gasteiger partial charge >= 0.3 is 12.1 Å². The van der Waals surface area contributed by atoms with Crippen LogP contribution in [0.5, 0.6) is 0 Å². The van der Waals surface area contributed by atoms with E-state index in [2.05, 4.69) is 0 Å². The second kappa shape index (κ2) is 4.33. The molecule has 0 aliphatic rings. The normalized spacial score (nSPS) is 20.3. The summed E-state index contributed by atoms with van der Waals surface area (Å²) >= 11 is 0. The summed E-state index contributed by atoms with van der Waals surface area (Å²) in [4.78, 5) is 11.5. The van der Waals surface area contributed by atoms with Gasteiger partial charge in [-0.1, -0.05) is 0 Å². The molecule has 0 aliphatic heterocycles. The topological polar surface area (TPSA) is 132 Å². The van der Waals surface area contributed by atoms with Crippen molar-refractivity contribution >= 4 is 5.78 Å². The third kappa shape index (κ3) is 2.49. The molecule has 6 heteroatoms. The number of carbonyl (C=O) groups excluding carboxylic acids is 1. The number of nitrogens with two attached hydrogens (primary N) is 1. The van der Waals surface area contributed by atoms with Crippen LogP contribution in [0.1, 0.15) is 20.3 Å². The van der Waals surface area contributed by atoms with Gasteiger partial charge in [0.1, 0.15) is 5.41 Å². The Morgan fingerprint density at radius 2 is 1.93 bits per heavy atom. The maximum Gasteiger partial charge on any atom is 0.418 e. The van der Waals surface area contributed by atoms with Gasteiger partial charge in [0, 0.05) is 6.92 Å². The molecule has 2 atom stereocenters. The van der Waals surface area contributed by atoms with Crippen LogP contribution in [-0.4, -0.2) is 44.8 Å². The lowest BCUT2D eigenvalue weighted by Crippen LogP contribution is -2.53. The van der Waals surface area contributed by atoms with Crippen LogP contribution in [0.3, 0.4) is 0 Å². The predicted molar refractivity (Wildman–Crippen MR) is 52.0 cm³/mol. The first-order valence-corrected chi connectivity index (χ1v) is 4.31. The highest BCUT2D eigenvalue weighted by Crippen LogP contribution is 2.34. The first-order valence-electron chi connectivity index (χ1n) is 4.31. The van der Waals surface area contributed by atoms with E-state index in [-0.39, 0.29) is 13.0 Å². The van der Waals surface area contributed by atoms with Crippen LogP contribution in [-0.2, 0) is 4.79 Å². The summed E-state index contributed by atoms with van der Waals surface area (Å²) < 4.78 is 0. The molecule has 0 spiro atoms. The van der Waals surface area contributed by atoms with Crippen molar-refractivity contribution in [2.24, 2.45) is 11.1 Å². The van der Waals surface area contributed by atoms with Crippen LogP contribution >= 0.6 is 0 Å². The Hall–Kier alpha value is -0.530. The van der Waals surface area contributed by atoms with Gasteiger partial charge in [0.2, 0.25) is 0 Å². The number of rotatable bonds is 5. The minimum atomic E-state index is -2.01. The fourth-order valence-corrected chi connectivity index (χ4v) is 1.21. The van der Waals surface area contributed by atoms with Gasteiger partial charge in [-0.25, -0.2) is 0 Å². The number of hydrogen-bond donors (Lipinski definition) is 2. The van der Waals surface area contributed by atoms with Crippen molar-refractivity contribution in [2.45, 2.75) is 32.3 Å². The van der Waals surface area contributed by atoms with E-state index in [0.29, 0.717) is 0 Å². The van der Waals surface area contributed by atoms with Crippen molar-refractivity contribution < 1.29 is 25.2 Å². The SMILES string of the molecule is CC(O)([OH2+])C(C)(CCN)C(=O)C([OH2+])[OH2+]. The van der Waals surface area contributed by atoms with E-state index >= 15 is 0 Å². The Balaban J connectivity index is 5.00. The summed E-state index contributed by atoms with van der Waals surface area (Å²) in [7, 11) is 0. The molecule has 14 heavy (non-hydrogen) atoms. The van der Waals surface area contributed by atoms with Crippen LogP contribution in [0.25, 0.3) is 0 Å². The molecule has 0 aliphatic carbocycles. The lowest BCUT2D eigenvalue weighted by molar-refractivity contribution is -0.232. The largest absolute Gasteiger partial charge is 0.419 e. The Morgan fingerprint density at radius 3 is 2.14 bits per heavy atom. The Morgan fingerprint density at radius 1 is 1.50 bits per heavy atom. The molecule has 0 rings (SSSR count). The molecule has 0 fully saturated rings. The van der Waals surface area contributed by atoms with Gasteiger partial charge in [-0.05, 0) is 19.9 Å². The van der Waals surface area contributed by atoms with Gasteiger partial charge < -0.3 is 26.2 Å². The Labute approximate surface area is 82.0 Å². The monoisotopic (exact) mass is 210 g/mol. The van der Waals surface area contributed by atoms with Crippen LogP contribution in [0.15, 0.2) is 0 Å². The summed E-state index contributed by atoms with van der Waals surface area (Å²) in [5.74, 6) is -2.79. The van der Waals surface area contributed by atoms with E-state index in [4.69, 9.17) is 21.1 Å². The van der Waals surface area contributed by atoms with Crippen LogP contribution in [0.4, 0.5) is 0 Å². The van der Waals surface area contributed by atoms with Crippen molar-refractivity contribution in [1.82, 2.24) is 0 Å². The first kappa shape index (κ1) is 13.5. The molecule has 0 radical (unpaired) electrons. The van der Waals surface area contributed by atoms with Crippen molar-refractivity contribution in [3.05, 3.63) is 0 Å². The summed E-state index contributed by atoms with van der Waals surface area (Å²) in [5.41, 5.74) is 3.83. The quantitative estimate of drug-likeness (QED) is 0.373. The third-order valence-electron chi connectivity index (χ3n) is 2.52. The van der Waals surface area contributed by atoms with Crippen molar-refractivity contribution in [2.75, 3.05) is 6.54 Å². The highest BCUT2D eigenvalue weighted by atomic mass is 16.5. The molecule has 0 saturated carbocycles. The van der Waals surface area contributed by atoms with E-state index in [0.717, 1.165) is 0 Å². The van der Waals surface area contributed by atoms with Crippen molar-refractivity contribution in [1.29, 1.82) is 0 Å². The van der Waals surface area contributed by atoms with Crippen LogP contribution in [0, 0.1) is 5.41 Å². The molecule has 2 unspecified atom stereocenters. The molecular formula is C8H20NO5+3. The summed E-state index contributed by atoms with van der Waals surface area (Å²) in [6.07, 6.45) is -1.60. The zero-order valence-electron chi connectivity index (χ0n) is 8.42. The molecule has 0 aromatic heterocycles. The summed E-state index contributed by atoms with van der Waals surface area (Å²) in [5, 5.41) is 30.9. The van der Waals surface area contributed by atoms with Gasteiger partial charge in [-0.3, -0.25) is 4.79 Å². The smallest absolute Gasteiger partial charge is 0.418 e. The van der Waals surface area contributed by atoms with Gasteiger partial charge in [-0.15, -0.1) is 0 Å². The molecular weight excluding hydrogens is 190 g/mol. The first-order chi connectivity index (χ1) is 6.16. The standard InChI is InChI=1S/C8H17NO5/c1-7(3-4-9,8(2,13)14)5(10)6(11)12/h6,11-14H,3-4,9H2,1-2H3/p+3. The van der Waals surface area contributed by atoms with E-state index in [1.165, 1.54) is 13.8 Å². The molecule has 9 N–H and O–H groups in total. The van der Waals surface area contributed by atoms with Crippen LogP contribution < -0.4 is 5.73 Å². The van der Waals surface area contributed by atoms with Gasteiger partial charge in [0.25, 0.3) is 5.79 Å². The maximum absolute atomic E-state index is 11.5. The van der Waals surface area contributed by atoms with Gasteiger partial charge in [-0.2, -0.15) is 0 Å². The van der Waals surface area contributed by atoms with Crippen LogP contribution in [0.2, 0.25) is 0 Å².